The Hall–Kier alpha value is -0.960. The van der Waals surface area contributed by atoms with Gasteiger partial charge in [-0.15, -0.1) is 0 Å². The molecule has 1 fully saturated rings. The van der Waals surface area contributed by atoms with Gasteiger partial charge in [-0.3, -0.25) is 9.69 Å². The van der Waals surface area contributed by atoms with Crippen LogP contribution in [0.15, 0.2) is 0 Å². The first-order chi connectivity index (χ1) is 10.1. The van der Waals surface area contributed by atoms with Crippen molar-refractivity contribution >= 4 is 5.97 Å². The first kappa shape index (κ1) is 19.1. The molecule has 0 spiro atoms. The molecule has 0 amide bonds. The number of nitrogens with zero attached hydrogens (tertiary/aromatic N) is 1. The number of esters is 1. The van der Waals surface area contributed by atoms with Crippen LogP contribution in [0.1, 0.15) is 20.3 Å². The summed E-state index contributed by atoms with van der Waals surface area (Å²) < 4.78 is 73.5. The van der Waals surface area contributed by atoms with Gasteiger partial charge in [0.1, 0.15) is 0 Å². The van der Waals surface area contributed by atoms with Crippen LogP contribution in [0.3, 0.4) is 0 Å². The summed E-state index contributed by atoms with van der Waals surface area (Å²) in [5, 5.41) is 0. The van der Waals surface area contributed by atoms with Gasteiger partial charge in [-0.05, 0) is 5.92 Å². The van der Waals surface area contributed by atoms with Gasteiger partial charge in [-0.2, -0.15) is 22.0 Å². The summed E-state index contributed by atoms with van der Waals surface area (Å²) in [7, 11) is 0. The Morgan fingerprint density at radius 2 is 1.73 bits per heavy atom. The third-order valence-electron chi connectivity index (χ3n) is 3.34. The van der Waals surface area contributed by atoms with E-state index in [-0.39, 0.29) is 13.0 Å². The first-order valence-electron chi connectivity index (χ1n) is 7.00. The van der Waals surface area contributed by atoms with Crippen LogP contribution in [0.4, 0.5) is 22.0 Å². The van der Waals surface area contributed by atoms with Crippen molar-refractivity contribution < 1.29 is 36.2 Å². The number of carbonyl (C=O) groups is 1. The number of carbonyl (C=O) groups excluding carboxylic acids is 1. The third kappa shape index (κ3) is 5.05. The van der Waals surface area contributed by atoms with E-state index in [1.807, 2.05) is 4.90 Å². The van der Waals surface area contributed by atoms with Crippen LogP contribution in [0, 0.1) is 5.92 Å². The third-order valence-corrected chi connectivity index (χ3v) is 3.34. The molecule has 4 nitrogen and oxygen atoms in total. The number of rotatable bonds is 6. The second-order valence-corrected chi connectivity index (χ2v) is 5.48. The minimum absolute atomic E-state index is 0.239. The van der Waals surface area contributed by atoms with E-state index < -0.39 is 30.1 Å². The summed E-state index contributed by atoms with van der Waals surface area (Å²) in [4.78, 5) is 13.5. The maximum absolute atomic E-state index is 13.4. The van der Waals surface area contributed by atoms with E-state index in [2.05, 4.69) is 4.74 Å². The van der Waals surface area contributed by atoms with Crippen LogP contribution in [0.5, 0.6) is 0 Å². The van der Waals surface area contributed by atoms with E-state index >= 15 is 0 Å². The summed E-state index contributed by atoms with van der Waals surface area (Å²) in [6.07, 6.45) is -8.52. The molecule has 9 heteroatoms. The van der Waals surface area contributed by atoms with Crippen molar-refractivity contribution in [1.29, 1.82) is 0 Å². The van der Waals surface area contributed by atoms with Gasteiger partial charge in [0.25, 0.3) is 0 Å². The van der Waals surface area contributed by atoms with Crippen LogP contribution < -0.4 is 0 Å². The van der Waals surface area contributed by atoms with Crippen molar-refractivity contribution in [3.63, 3.8) is 0 Å². The molecule has 0 aromatic rings. The van der Waals surface area contributed by atoms with Gasteiger partial charge in [-0.1, -0.05) is 13.8 Å². The summed E-state index contributed by atoms with van der Waals surface area (Å²) in [6, 6.07) is 0. The molecule has 0 N–H and O–H groups in total. The van der Waals surface area contributed by atoms with Crippen molar-refractivity contribution in [2.45, 2.75) is 38.5 Å². The van der Waals surface area contributed by atoms with Crippen molar-refractivity contribution in [2.75, 3.05) is 32.8 Å². The number of hydrogen-bond acceptors (Lipinski definition) is 4. The molecule has 0 aromatic heterocycles. The monoisotopic (exact) mass is 333 g/mol. The predicted octanol–water partition coefficient (Wildman–Crippen LogP) is 2.47. The van der Waals surface area contributed by atoms with Crippen LogP contribution in [-0.2, 0) is 14.3 Å². The lowest BCUT2D eigenvalue weighted by molar-refractivity contribution is -0.320. The smallest absolute Gasteiger partial charge is 0.455 e. The van der Waals surface area contributed by atoms with Crippen molar-refractivity contribution in [3.8, 4) is 0 Å². The molecule has 0 radical (unpaired) electrons. The lowest BCUT2D eigenvalue weighted by atomic mass is 10.00. The number of halogens is 5. The predicted molar refractivity (Wildman–Crippen MR) is 67.6 cm³/mol. The molecule has 130 valence electrons. The lowest BCUT2D eigenvalue weighted by Gasteiger charge is -2.31. The average molecular weight is 333 g/mol. The van der Waals surface area contributed by atoms with Crippen molar-refractivity contribution in [2.24, 2.45) is 5.92 Å². The van der Waals surface area contributed by atoms with Crippen molar-refractivity contribution in [3.05, 3.63) is 0 Å². The van der Waals surface area contributed by atoms with E-state index in [0.29, 0.717) is 26.3 Å². The number of morpholine rings is 1. The van der Waals surface area contributed by atoms with Gasteiger partial charge in [0.2, 0.25) is 0 Å². The summed E-state index contributed by atoms with van der Waals surface area (Å²) >= 11 is 0. The second kappa shape index (κ2) is 7.54. The summed E-state index contributed by atoms with van der Waals surface area (Å²) in [5.74, 6) is -7.30. The minimum Gasteiger partial charge on any atom is -0.455 e. The Bertz CT molecular complexity index is 367. The number of alkyl halides is 5. The van der Waals surface area contributed by atoms with E-state index in [9.17, 15) is 26.7 Å². The molecular weight excluding hydrogens is 313 g/mol. The molecule has 1 heterocycles. The van der Waals surface area contributed by atoms with E-state index in [0.717, 1.165) is 13.8 Å². The Balaban J connectivity index is 2.57. The number of ether oxygens (including phenoxy) is 2. The first-order valence-corrected chi connectivity index (χ1v) is 7.00. The van der Waals surface area contributed by atoms with Crippen molar-refractivity contribution in [1.82, 2.24) is 4.90 Å². The Kier molecular flexibility index (Phi) is 6.54. The van der Waals surface area contributed by atoms with Crippen LogP contribution in [0.2, 0.25) is 0 Å². The highest BCUT2D eigenvalue weighted by Crippen LogP contribution is 2.41. The molecule has 1 aliphatic heterocycles. The fourth-order valence-corrected chi connectivity index (χ4v) is 2.06. The highest BCUT2D eigenvalue weighted by molar-refractivity contribution is 5.69. The van der Waals surface area contributed by atoms with Gasteiger partial charge in [0.05, 0.1) is 19.6 Å². The minimum atomic E-state index is -5.76. The molecule has 1 atom stereocenters. The maximum atomic E-state index is 13.4. The van der Waals surface area contributed by atoms with E-state index in [4.69, 9.17) is 4.74 Å². The van der Waals surface area contributed by atoms with Crippen LogP contribution in [-0.4, -0.2) is 61.9 Å². The van der Waals surface area contributed by atoms with Gasteiger partial charge >= 0.3 is 18.1 Å². The quantitative estimate of drug-likeness (QED) is 0.553. The fraction of sp³-hybridized carbons (Fsp3) is 0.923. The lowest BCUT2D eigenvalue weighted by Crippen LogP contribution is -2.51. The highest BCUT2D eigenvalue weighted by atomic mass is 19.4. The van der Waals surface area contributed by atoms with Gasteiger partial charge in [0.15, 0.2) is 6.10 Å². The van der Waals surface area contributed by atoms with Crippen LogP contribution >= 0.6 is 0 Å². The SMILES string of the molecule is CC(C)C(OC(=O)CCN1CCOCC1)C(F)(F)C(F)(F)F. The molecule has 1 unspecified atom stereocenters. The molecular formula is C13H20F5NO3. The molecule has 0 bridgehead atoms. The average Bonchev–Trinajstić information content (AvgIpc) is 2.42. The molecule has 1 saturated heterocycles. The van der Waals surface area contributed by atoms with Crippen LogP contribution in [0.25, 0.3) is 0 Å². The zero-order valence-electron chi connectivity index (χ0n) is 12.5. The normalized spacial score (nSPS) is 19.3. The second-order valence-electron chi connectivity index (χ2n) is 5.48. The Labute approximate surface area is 125 Å². The molecule has 1 rings (SSSR count). The molecule has 22 heavy (non-hydrogen) atoms. The Morgan fingerprint density at radius 3 is 2.18 bits per heavy atom. The zero-order chi connectivity index (χ0) is 17.0. The standard InChI is InChI=1S/C13H20F5NO3/c1-9(2)11(12(14,15)13(16,17)18)22-10(20)3-4-19-5-7-21-8-6-19/h9,11H,3-8H2,1-2H3. The summed E-state index contributed by atoms with van der Waals surface area (Å²) in [5.41, 5.74) is 0. The molecule has 1 aliphatic rings. The molecule has 0 aliphatic carbocycles. The van der Waals surface area contributed by atoms with Gasteiger partial charge < -0.3 is 9.47 Å². The largest absolute Gasteiger partial charge is 0.457 e. The molecule has 0 saturated carbocycles. The van der Waals surface area contributed by atoms with Gasteiger partial charge in [-0.25, -0.2) is 0 Å². The topological polar surface area (TPSA) is 38.8 Å². The van der Waals surface area contributed by atoms with Gasteiger partial charge in [0, 0.05) is 19.6 Å². The molecule has 0 aromatic carbocycles. The number of hydrogen-bond donors (Lipinski definition) is 0. The van der Waals surface area contributed by atoms with E-state index in [1.165, 1.54) is 0 Å². The zero-order valence-corrected chi connectivity index (χ0v) is 12.5. The van der Waals surface area contributed by atoms with E-state index in [1.54, 1.807) is 0 Å². The maximum Gasteiger partial charge on any atom is 0.457 e. The fourth-order valence-electron chi connectivity index (χ4n) is 2.06. The summed E-state index contributed by atoms with van der Waals surface area (Å²) in [6.45, 7) is 4.70. The highest BCUT2D eigenvalue weighted by Gasteiger charge is 2.64. The Morgan fingerprint density at radius 1 is 1.18 bits per heavy atom.